The highest BCUT2D eigenvalue weighted by molar-refractivity contribution is 5.78. The summed E-state index contributed by atoms with van der Waals surface area (Å²) in [7, 11) is 0. The van der Waals surface area contributed by atoms with E-state index in [-0.39, 0.29) is 24.5 Å². The summed E-state index contributed by atoms with van der Waals surface area (Å²) in [6.45, 7) is 6.30. The van der Waals surface area contributed by atoms with E-state index in [1.54, 1.807) is 0 Å². The maximum absolute atomic E-state index is 11.9. The molecule has 1 aliphatic heterocycles. The van der Waals surface area contributed by atoms with Gasteiger partial charge in [0.15, 0.2) is 0 Å². The minimum absolute atomic E-state index is 0.0236. The molecule has 0 aromatic carbocycles. The lowest BCUT2D eigenvalue weighted by Crippen LogP contribution is -2.43. The highest BCUT2D eigenvalue weighted by atomic mass is 16.5. The number of ether oxygens (including phenoxy) is 1. The van der Waals surface area contributed by atoms with Crippen molar-refractivity contribution in [3.63, 3.8) is 0 Å². The zero-order chi connectivity index (χ0) is 15.0. The lowest BCUT2D eigenvalue weighted by Gasteiger charge is -2.25. The van der Waals surface area contributed by atoms with Crippen LogP contribution in [-0.2, 0) is 14.3 Å². The first-order chi connectivity index (χ1) is 9.49. The van der Waals surface area contributed by atoms with E-state index in [4.69, 9.17) is 9.84 Å². The molecule has 6 nitrogen and oxygen atoms in total. The normalized spacial score (nSPS) is 18.7. The van der Waals surface area contributed by atoms with Crippen LogP contribution in [0.3, 0.4) is 0 Å². The first-order valence-electron chi connectivity index (χ1n) is 7.33. The second-order valence-electron chi connectivity index (χ2n) is 5.50. The minimum Gasteiger partial charge on any atom is -0.481 e. The number of nitrogens with one attached hydrogen (secondary N) is 1. The first kappa shape index (κ1) is 16.9. The number of aliphatic carboxylic acids is 1. The molecule has 0 aliphatic carbocycles. The predicted octanol–water partition coefficient (Wildman–Crippen LogP) is 0.857. The van der Waals surface area contributed by atoms with E-state index in [1.165, 1.54) is 0 Å². The van der Waals surface area contributed by atoms with Gasteiger partial charge >= 0.3 is 5.97 Å². The monoisotopic (exact) mass is 286 g/mol. The summed E-state index contributed by atoms with van der Waals surface area (Å²) < 4.78 is 5.45. The van der Waals surface area contributed by atoms with Crippen LogP contribution in [-0.4, -0.2) is 60.3 Å². The van der Waals surface area contributed by atoms with Crippen LogP contribution >= 0.6 is 0 Å². The highest BCUT2D eigenvalue weighted by Crippen LogP contribution is 2.10. The van der Waals surface area contributed by atoms with Crippen molar-refractivity contribution in [1.82, 2.24) is 10.2 Å². The molecule has 0 spiro atoms. The van der Waals surface area contributed by atoms with Gasteiger partial charge in [0, 0.05) is 25.6 Å². The molecule has 116 valence electrons. The second-order valence-corrected chi connectivity index (χ2v) is 5.50. The summed E-state index contributed by atoms with van der Waals surface area (Å²) in [6, 6.07) is 0.220. The van der Waals surface area contributed by atoms with Crippen LogP contribution in [0.4, 0.5) is 0 Å². The van der Waals surface area contributed by atoms with Crippen LogP contribution < -0.4 is 5.32 Å². The SMILES string of the molecule is CC(C)N(CCCC(=O)O)CC(=O)NCC1CCCO1. The molecule has 1 amide bonds. The van der Waals surface area contributed by atoms with E-state index < -0.39 is 5.97 Å². The zero-order valence-electron chi connectivity index (χ0n) is 12.4. The molecule has 20 heavy (non-hydrogen) atoms. The van der Waals surface area contributed by atoms with Gasteiger partial charge in [0.2, 0.25) is 5.91 Å². The molecule has 0 aromatic heterocycles. The minimum atomic E-state index is -0.795. The average molecular weight is 286 g/mol. The van der Waals surface area contributed by atoms with Crippen molar-refractivity contribution in [1.29, 1.82) is 0 Å². The Balaban J connectivity index is 2.24. The molecule has 2 N–H and O–H groups in total. The first-order valence-corrected chi connectivity index (χ1v) is 7.33. The molecule has 1 atom stereocenters. The van der Waals surface area contributed by atoms with Crippen LogP contribution in [0.25, 0.3) is 0 Å². The Kier molecular flexibility index (Phi) is 7.54. The van der Waals surface area contributed by atoms with Gasteiger partial charge in [-0.15, -0.1) is 0 Å². The van der Waals surface area contributed by atoms with Crippen LogP contribution in [0.1, 0.15) is 39.5 Å². The fourth-order valence-corrected chi connectivity index (χ4v) is 2.23. The summed E-state index contributed by atoms with van der Waals surface area (Å²) in [4.78, 5) is 24.4. The molecule has 0 aromatic rings. The van der Waals surface area contributed by atoms with Gasteiger partial charge in [-0.25, -0.2) is 0 Å². The topological polar surface area (TPSA) is 78.9 Å². The molecular formula is C14H26N2O4. The van der Waals surface area contributed by atoms with E-state index in [2.05, 4.69) is 5.32 Å². The summed E-state index contributed by atoms with van der Waals surface area (Å²) >= 11 is 0. The van der Waals surface area contributed by atoms with Crippen molar-refractivity contribution in [2.24, 2.45) is 0 Å². The van der Waals surface area contributed by atoms with Crippen molar-refractivity contribution in [2.45, 2.75) is 51.7 Å². The summed E-state index contributed by atoms with van der Waals surface area (Å²) in [5.41, 5.74) is 0. The predicted molar refractivity (Wildman–Crippen MR) is 75.6 cm³/mol. The third kappa shape index (κ3) is 6.86. The Morgan fingerprint density at radius 3 is 2.75 bits per heavy atom. The Morgan fingerprint density at radius 2 is 2.20 bits per heavy atom. The molecule has 0 bridgehead atoms. The van der Waals surface area contributed by atoms with Gasteiger partial charge in [0.1, 0.15) is 0 Å². The lowest BCUT2D eigenvalue weighted by atomic mass is 10.2. The van der Waals surface area contributed by atoms with Gasteiger partial charge in [-0.2, -0.15) is 0 Å². The van der Waals surface area contributed by atoms with Gasteiger partial charge in [-0.1, -0.05) is 0 Å². The molecule has 6 heteroatoms. The molecule has 1 rings (SSSR count). The quantitative estimate of drug-likeness (QED) is 0.657. The van der Waals surface area contributed by atoms with E-state index in [0.29, 0.717) is 26.1 Å². The Bertz CT molecular complexity index is 314. The van der Waals surface area contributed by atoms with Crippen molar-refractivity contribution in [3.05, 3.63) is 0 Å². The molecule has 1 unspecified atom stereocenters. The summed E-state index contributed by atoms with van der Waals surface area (Å²) in [5, 5.41) is 11.5. The number of carbonyl (C=O) groups excluding carboxylic acids is 1. The summed E-state index contributed by atoms with van der Waals surface area (Å²) in [6.07, 6.45) is 2.92. The molecule has 1 heterocycles. The third-order valence-corrected chi connectivity index (χ3v) is 3.46. The second kappa shape index (κ2) is 8.92. The van der Waals surface area contributed by atoms with Gasteiger partial charge in [-0.05, 0) is 39.7 Å². The van der Waals surface area contributed by atoms with Crippen molar-refractivity contribution in [3.8, 4) is 0 Å². The Hall–Kier alpha value is -1.14. The standard InChI is InChI=1S/C14H26N2O4/c1-11(2)16(7-3-6-14(18)19)10-13(17)15-9-12-5-4-8-20-12/h11-12H,3-10H2,1-2H3,(H,15,17)(H,18,19). The van der Waals surface area contributed by atoms with Gasteiger partial charge in [0.25, 0.3) is 0 Å². The number of nitrogens with zero attached hydrogens (tertiary/aromatic N) is 1. The summed E-state index contributed by atoms with van der Waals surface area (Å²) in [5.74, 6) is -0.818. The molecule has 1 saturated heterocycles. The van der Waals surface area contributed by atoms with E-state index in [0.717, 1.165) is 19.4 Å². The van der Waals surface area contributed by atoms with Crippen LogP contribution in [0, 0.1) is 0 Å². The fraction of sp³-hybridized carbons (Fsp3) is 0.857. The largest absolute Gasteiger partial charge is 0.481 e. The lowest BCUT2D eigenvalue weighted by molar-refractivity contribution is -0.137. The van der Waals surface area contributed by atoms with Gasteiger partial charge in [0.05, 0.1) is 12.6 Å². The van der Waals surface area contributed by atoms with Gasteiger partial charge in [-0.3, -0.25) is 14.5 Å². The molecular weight excluding hydrogens is 260 g/mol. The fourth-order valence-electron chi connectivity index (χ4n) is 2.23. The van der Waals surface area contributed by atoms with E-state index in [9.17, 15) is 9.59 Å². The number of carboxylic acids is 1. The van der Waals surface area contributed by atoms with Gasteiger partial charge < -0.3 is 15.2 Å². The smallest absolute Gasteiger partial charge is 0.303 e. The third-order valence-electron chi connectivity index (χ3n) is 3.46. The molecule has 1 fully saturated rings. The number of hydrogen-bond donors (Lipinski definition) is 2. The Morgan fingerprint density at radius 1 is 1.45 bits per heavy atom. The van der Waals surface area contributed by atoms with Crippen molar-refractivity contribution >= 4 is 11.9 Å². The zero-order valence-corrected chi connectivity index (χ0v) is 12.4. The van der Waals surface area contributed by atoms with E-state index in [1.807, 2.05) is 18.7 Å². The molecule has 1 aliphatic rings. The van der Waals surface area contributed by atoms with Crippen molar-refractivity contribution in [2.75, 3.05) is 26.2 Å². The molecule has 0 radical (unpaired) electrons. The van der Waals surface area contributed by atoms with E-state index >= 15 is 0 Å². The average Bonchev–Trinajstić information content (AvgIpc) is 2.87. The number of hydrogen-bond acceptors (Lipinski definition) is 4. The number of amides is 1. The molecule has 0 saturated carbocycles. The maximum Gasteiger partial charge on any atom is 0.303 e. The Labute approximate surface area is 120 Å². The van der Waals surface area contributed by atoms with Crippen molar-refractivity contribution < 1.29 is 19.4 Å². The number of rotatable bonds is 9. The van der Waals surface area contributed by atoms with Crippen LogP contribution in [0.2, 0.25) is 0 Å². The number of carbonyl (C=O) groups is 2. The van der Waals surface area contributed by atoms with Crippen LogP contribution in [0.5, 0.6) is 0 Å². The van der Waals surface area contributed by atoms with Crippen LogP contribution in [0.15, 0.2) is 0 Å². The number of carboxylic acid groups (broad SMARTS) is 1. The maximum atomic E-state index is 11.9. The highest BCUT2D eigenvalue weighted by Gasteiger charge is 2.18.